The molecular weight excluding hydrogens is 162 g/mol. The first kappa shape index (κ1) is 9.93. The summed E-state index contributed by atoms with van der Waals surface area (Å²) < 4.78 is 0. The van der Waals surface area contributed by atoms with Gasteiger partial charge in [0.2, 0.25) is 0 Å². The summed E-state index contributed by atoms with van der Waals surface area (Å²) in [6.07, 6.45) is 3.67. The summed E-state index contributed by atoms with van der Waals surface area (Å²) in [4.78, 5) is 4.24. The Balaban J connectivity index is 2.25. The molecule has 1 aromatic rings. The van der Waals surface area contributed by atoms with E-state index in [2.05, 4.69) is 4.99 Å². The van der Waals surface area contributed by atoms with Crippen LogP contribution in [0.5, 0.6) is 0 Å². The van der Waals surface area contributed by atoms with Crippen molar-refractivity contribution in [3.05, 3.63) is 35.9 Å². The van der Waals surface area contributed by atoms with Gasteiger partial charge in [0, 0.05) is 19.4 Å². The van der Waals surface area contributed by atoms with Gasteiger partial charge in [-0.1, -0.05) is 30.3 Å². The summed E-state index contributed by atoms with van der Waals surface area (Å²) in [5, 5.41) is 8.53. The molecule has 0 unspecified atom stereocenters. The summed E-state index contributed by atoms with van der Waals surface area (Å²) in [6.45, 7) is 1.07. The number of aliphatic hydroxyl groups excluding tert-OH is 1. The lowest BCUT2D eigenvalue weighted by Crippen LogP contribution is -1.87. The standard InChI is InChI=1S/C11H15NO/c13-9-5-4-8-12-10-11-6-2-1-3-7-11/h1-3,6-7,10,13H,4-5,8-9H2. The highest BCUT2D eigenvalue weighted by molar-refractivity contribution is 5.79. The predicted molar refractivity (Wildman–Crippen MR) is 55.2 cm³/mol. The Hall–Kier alpha value is -1.15. The topological polar surface area (TPSA) is 32.6 Å². The molecule has 0 heterocycles. The van der Waals surface area contributed by atoms with Crippen molar-refractivity contribution in [3.63, 3.8) is 0 Å². The van der Waals surface area contributed by atoms with Crippen LogP contribution in [0, 0.1) is 0 Å². The van der Waals surface area contributed by atoms with Crippen molar-refractivity contribution in [1.82, 2.24) is 0 Å². The fourth-order valence-electron chi connectivity index (χ4n) is 1.02. The van der Waals surface area contributed by atoms with E-state index in [4.69, 9.17) is 5.11 Å². The number of aliphatic imine (C=N–C) groups is 1. The Kier molecular flexibility index (Phi) is 4.87. The van der Waals surface area contributed by atoms with Gasteiger partial charge in [-0.05, 0) is 18.4 Å². The van der Waals surface area contributed by atoms with E-state index in [-0.39, 0.29) is 6.61 Å². The maximum absolute atomic E-state index is 8.53. The second kappa shape index (κ2) is 6.38. The molecule has 70 valence electrons. The molecule has 0 aromatic heterocycles. The number of benzene rings is 1. The minimum absolute atomic E-state index is 0.265. The molecule has 0 spiro atoms. The van der Waals surface area contributed by atoms with Gasteiger partial charge in [0.15, 0.2) is 0 Å². The smallest absolute Gasteiger partial charge is 0.0431 e. The highest BCUT2D eigenvalue weighted by Gasteiger charge is 1.84. The van der Waals surface area contributed by atoms with Crippen molar-refractivity contribution in [1.29, 1.82) is 0 Å². The molecule has 0 radical (unpaired) electrons. The van der Waals surface area contributed by atoms with Gasteiger partial charge in [-0.3, -0.25) is 4.99 Å². The number of aliphatic hydroxyl groups is 1. The summed E-state index contributed by atoms with van der Waals surface area (Å²) in [5.74, 6) is 0. The van der Waals surface area contributed by atoms with Crippen molar-refractivity contribution in [2.45, 2.75) is 12.8 Å². The molecular formula is C11H15NO. The van der Waals surface area contributed by atoms with E-state index in [9.17, 15) is 0 Å². The summed E-state index contributed by atoms with van der Waals surface area (Å²) >= 11 is 0. The Morgan fingerprint density at radius 2 is 1.92 bits per heavy atom. The third kappa shape index (κ3) is 4.43. The van der Waals surface area contributed by atoms with E-state index < -0.39 is 0 Å². The Morgan fingerprint density at radius 3 is 2.62 bits per heavy atom. The number of nitrogens with zero attached hydrogens (tertiary/aromatic N) is 1. The van der Waals surface area contributed by atoms with Crippen LogP contribution in [-0.2, 0) is 0 Å². The first-order valence-electron chi connectivity index (χ1n) is 4.59. The molecule has 0 amide bonds. The highest BCUT2D eigenvalue weighted by atomic mass is 16.2. The summed E-state index contributed by atoms with van der Waals surface area (Å²) in [7, 11) is 0. The molecule has 0 aliphatic heterocycles. The number of hydrogen-bond acceptors (Lipinski definition) is 2. The van der Waals surface area contributed by atoms with E-state index >= 15 is 0 Å². The SMILES string of the molecule is OCCCCN=Cc1ccccc1. The van der Waals surface area contributed by atoms with Crippen LogP contribution in [-0.4, -0.2) is 24.5 Å². The molecule has 0 bridgehead atoms. The van der Waals surface area contributed by atoms with Gasteiger partial charge in [-0.15, -0.1) is 0 Å². The quantitative estimate of drug-likeness (QED) is 0.540. The monoisotopic (exact) mass is 177 g/mol. The van der Waals surface area contributed by atoms with Crippen LogP contribution >= 0.6 is 0 Å². The van der Waals surface area contributed by atoms with E-state index in [0.717, 1.165) is 24.9 Å². The fourth-order valence-corrected chi connectivity index (χ4v) is 1.02. The molecule has 0 aliphatic rings. The van der Waals surface area contributed by atoms with Gasteiger partial charge >= 0.3 is 0 Å². The molecule has 1 rings (SSSR count). The van der Waals surface area contributed by atoms with Crippen molar-refractivity contribution in [2.24, 2.45) is 4.99 Å². The van der Waals surface area contributed by atoms with Gasteiger partial charge in [-0.25, -0.2) is 0 Å². The average Bonchev–Trinajstić information content (AvgIpc) is 2.19. The zero-order valence-corrected chi connectivity index (χ0v) is 7.69. The third-order valence-corrected chi connectivity index (χ3v) is 1.74. The largest absolute Gasteiger partial charge is 0.396 e. The average molecular weight is 177 g/mol. The van der Waals surface area contributed by atoms with Crippen LogP contribution < -0.4 is 0 Å². The molecule has 13 heavy (non-hydrogen) atoms. The molecule has 0 fully saturated rings. The lowest BCUT2D eigenvalue weighted by atomic mass is 10.2. The molecule has 2 nitrogen and oxygen atoms in total. The van der Waals surface area contributed by atoms with Gasteiger partial charge in [-0.2, -0.15) is 0 Å². The Labute approximate surface area is 78.9 Å². The third-order valence-electron chi connectivity index (χ3n) is 1.74. The molecule has 1 aromatic carbocycles. The Morgan fingerprint density at radius 1 is 1.15 bits per heavy atom. The van der Waals surface area contributed by atoms with Crippen LogP contribution in [0.3, 0.4) is 0 Å². The molecule has 2 heteroatoms. The molecule has 1 N–H and O–H groups in total. The van der Waals surface area contributed by atoms with Crippen LogP contribution in [0.15, 0.2) is 35.3 Å². The normalized spacial score (nSPS) is 10.8. The number of unbranched alkanes of at least 4 members (excludes halogenated alkanes) is 1. The molecule has 0 aliphatic carbocycles. The van der Waals surface area contributed by atoms with Crippen LogP contribution in [0.2, 0.25) is 0 Å². The highest BCUT2D eigenvalue weighted by Crippen LogP contribution is 1.94. The molecule has 0 saturated heterocycles. The van der Waals surface area contributed by atoms with E-state index in [0.29, 0.717) is 0 Å². The van der Waals surface area contributed by atoms with Gasteiger partial charge in [0.25, 0.3) is 0 Å². The van der Waals surface area contributed by atoms with Crippen LogP contribution in [0.1, 0.15) is 18.4 Å². The van der Waals surface area contributed by atoms with Gasteiger partial charge < -0.3 is 5.11 Å². The van der Waals surface area contributed by atoms with E-state index in [1.807, 2.05) is 36.5 Å². The predicted octanol–water partition coefficient (Wildman–Crippen LogP) is 1.88. The zero-order valence-electron chi connectivity index (χ0n) is 7.69. The van der Waals surface area contributed by atoms with Crippen molar-refractivity contribution in [2.75, 3.05) is 13.2 Å². The van der Waals surface area contributed by atoms with Gasteiger partial charge in [0.05, 0.1) is 0 Å². The maximum atomic E-state index is 8.53. The molecule has 0 saturated carbocycles. The molecule has 0 atom stereocenters. The Bertz CT molecular complexity index is 244. The number of hydrogen-bond donors (Lipinski definition) is 1. The second-order valence-corrected chi connectivity index (χ2v) is 2.88. The second-order valence-electron chi connectivity index (χ2n) is 2.88. The van der Waals surface area contributed by atoms with Crippen LogP contribution in [0.4, 0.5) is 0 Å². The van der Waals surface area contributed by atoms with Crippen molar-refractivity contribution < 1.29 is 5.11 Å². The first-order chi connectivity index (χ1) is 6.43. The fraction of sp³-hybridized carbons (Fsp3) is 0.364. The maximum Gasteiger partial charge on any atom is 0.0431 e. The first-order valence-corrected chi connectivity index (χ1v) is 4.59. The van der Waals surface area contributed by atoms with E-state index in [1.54, 1.807) is 0 Å². The minimum Gasteiger partial charge on any atom is -0.396 e. The van der Waals surface area contributed by atoms with Crippen molar-refractivity contribution >= 4 is 6.21 Å². The lowest BCUT2D eigenvalue weighted by molar-refractivity contribution is 0.285. The summed E-state index contributed by atoms with van der Waals surface area (Å²) in [5.41, 5.74) is 1.13. The number of rotatable bonds is 5. The van der Waals surface area contributed by atoms with Crippen LogP contribution in [0.25, 0.3) is 0 Å². The minimum atomic E-state index is 0.265. The van der Waals surface area contributed by atoms with Gasteiger partial charge in [0.1, 0.15) is 0 Å². The van der Waals surface area contributed by atoms with E-state index in [1.165, 1.54) is 0 Å². The zero-order chi connectivity index (χ0) is 9.36. The lowest BCUT2D eigenvalue weighted by Gasteiger charge is -1.92. The van der Waals surface area contributed by atoms with Crippen molar-refractivity contribution in [3.8, 4) is 0 Å². The summed E-state index contributed by atoms with van der Waals surface area (Å²) in [6, 6.07) is 10.0.